The average Bonchev–Trinajstić information content (AvgIpc) is 2.54. The molecular formula is C21H32O2. The SMILES string of the molecule is CCCCCCCCC/C=C/C=C/C=C/C=C/C=C(\C)C(=O)O. The van der Waals surface area contributed by atoms with Crippen molar-refractivity contribution in [1.29, 1.82) is 0 Å². The summed E-state index contributed by atoms with van der Waals surface area (Å²) in [6.45, 7) is 3.83. The van der Waals surface area contributed by atoms with Gasteiger partial charge in [0.1, 0.15) is 0 Å². The molecule has 0 bridgehead atoms. The zero-order valence-corrected chi connectivity index (χ0v) is 14.7. The Balaban J connectivity index is 3.62. The monoisotopic (exact) mass is 316 g/mol. The molecule has 0 saturated carbocycles. The standard InChI is InChI=1S/C21H32O2/c1-3-4-5-6-7-8-9-10-11-12-13-14-15-16-17-18-19-20(2)21(22)23/h11-19H,3-10H2,1-2H3,(H,22,23)/b12-11+,14-13+,16-15+,18-17+,20-19+. The maximum absolute atomic E-state index is 10.6. The van der Waals surface area contributed by atoms with E-state index in [2.05, 4.69) is 19.1 Å². The minimum Gasteiger partial charge on any atom is -0.478 e. The van der Waals surface area contributed by atoms with Crippen LogP contribution in [0.1, 0.15) is 65.2 Å². The fourth-order valence-electron chi connectivity index (χ4n) is 1.99. The molecule has 0 aliphatic heterocycles. The molecule has 0 aromatic heterocycles. The second-order valence-electron chi connectivity index (χ2n) is 5.65. The van der Waals surface area contributed by atoms with Crippen molar-refractivity contribution in [3.05, 3.63) is 60.3 Å². The van der Waals surface area contributed by atoms with Crippen molar-refractivity contribution >= 4 is 5.97 Å². The minimum atomic E-state index is -0.885. The van der Waals surface area contributed by atoms with Gasteiger partial charge in [0, 0.05) is 5.57 Å². The molecule has 0 aliphatic rings. The van der Waals surface area contributed by atoms with Crippen LogP contribution in [0, 0.1) is 0 Å². The number of unbranched alkanes of at least 4 members (excludes halogenated alkanes) is 7. The Morgan fingerprint density at radius 2 is 1.30 bits per heavy atom. The van der Waals surface area contributed by atoms with Gasteiger partial charge in [-0.05, 0) is 19.8 Å². The third kappa shape index (κ3) is 16.4. The van der Waals surface area contributed by atoms with Crippen molar-refractivity contribution in [2.45, 2.75) is 65.2 Å². The van der Waals surface area contributed by atoms with Crippen molar-refractivity contribution in [1.82, 2.24) is 0 Å². The summed E-state index contributed by atoms with van der Waals surface area (Å²) >= 11 is 0. The molecule has 1 N–H and O–H groups in total. The summed E-state index contributed by atoms with van der Waals surface area (Å²) in [5.41, 5.74) is 0.332. The normalized spacial score (nSPS) is 13.2. The lowest BCUT2D eigenvalue weighted by Crippen LogP contribution is -1.94. The van der Waals surface area contributed by atoms with Gasteiger partial charge in [-0.15, -0.1) is 0 Å². The topological polar surface area (TPSA) is 37.3 Å². The number of aliphatic carboxylic acids is 1. The molecule has 128 valence electrons. The van der Waals surface area contributed by atoms with Crippen LogP contribution in [0.3, 0.4) is 0 Å². The van der Waals surface area contributed by atoms with E-state index in [1.807, 2.05) is 30.4 Å². The molecule has 0 amide bonds. The maximum atomic E-state index is 10.6. The first-order chi connectivity index (χ1) is 11.2. The van der Waals surface area contributed by atoms with Crippen molar-refractivity contribution in [3.8, 4) is 0 Å². The lowest BCUT2D eigenvalue weighted by atomic mass is 10.1. The van der Waals surface area contributed by atoms with Gasteiger partial charge in [0.15, 0.2) is 0 Å². The highest BCUT2D eigenvalue weighted by atomic mass is 16.4. The molecule has 0 fully saturated rings. The number of hydrogen-bond donors (Lipinski definition) is 1. The first-order valence-electron chi connectivity index (χ1n) is 8.75. The molecule has 0 saturated heterocycles. The molecule has 2 heteroatoms. The molecule has 0 aromatic rings. The highest BCUT2D eigenvalue weighted by molar-refractivity contribution is 5.86. The lowest BCUT2D eigenvalue weighted by Gasteiger charge is -1.98. The van der Waals surface area contributed by atoms with Crippen molar-refractivity contribution < 1.29 is 9.90 Å². The van der Waals surface area contributed by atoms with Crippen molar-refractivity contribution in [3.63, 3.8) is 0 Å². The summed E-state index contributed by atoms with van der Waals surface area (Å²) in [6.07, 6.45) is 27.8. The largest absolute Gasteiger partial charge is 0.478 e. The Kier molecular flexibility index (Phi) is 15.2. The van der Waals surface area contributed by atoms with Crippen molar-refractivity contribution in [2.75, 3.05) is 0 Å². The van der Waals surface area contributed by atoms with Gasteiger partial charge in [-0.3, -0.25) is 0 Å². The zero-order chi connectivity index (χ0) is 17.2. The van der Waals surface area contributed by atoms with Gasteiger partial charge in [0.05, 0.1) is 0 Å². The fourth-order valence-corrected chi connectivity index (χ4v) is 1.99. The summed E-state index contributed by atoms with van der Waals surface area (Å²) in [6, 6.07) is 0. The molecule has 0 atom stereocenters. The Labute approximate surface area is 142 Å². The first-order valence-corrected chi connectivity index (χ1v) is 8.75. The highest BCUT2D eigenvalue weighted by Gasteiger charge is 1.94. The first kappa shape index (κ1) is 21.2. The summed E-state index contributed by atoms with van der Waals surface area (Å²) < 4.78 is 0. The summed E-state index contributed by atoms with van der Waals surface area (Å²) in [4.78, 5) is 10.6. The van der Waals surface area contributed by atoms with Crippen LogP contribution < -0.4 is 0 Å². The quantitative estimate of drug-likeness (QED) is 0.243. The van der Waals surface area contributed by atoms with Crippen LogP contribution in [0.4, 0.5) is 0 Å². The van der Waals surface area contributed by atoms with Gasteiger partial charge in [-0.2, -0.15) is 0 Å². The molecule has 0 spiro atoms. The van der Waals surface area contributed by atoms with Crippen LogP contribution in [0.25, 0.3) is 0 Å². The summed E-state index contributed by atoms with van der Waals surface area (Å²) in [5.74, 6) is -0.885. The summed E-state index contributed by atoms with van der Waals surface area (Å²) in [5, 5.41) is 8.67. The number of allylic oxidation sites excluding steroid dienone is 9. The molecule has 0 heterocycles. The molecule has 0 rings (SSSR count). The highest BCUT2D eigenvalue weighted by Crippen LogP contribution is 2.08. The van der Waals surface area contributed by atoms with Crippen LogP contribution in [0.2, 0.25) is 0 Å². The van der Waals surface area contributed by atoms with Gasteiger partial charge in [-0.1, -0.05) is 100 Å². The second kappa shape index (κ2) is 16.5. The smallest absolute Gasteiger partial charge is 0.331 e. The van der Waals surface area contributed by atoms with E-state index in [0.717, 1.165) is 6.42 Å². The van der Waals surface area contributed by atoms with Crippen LogP contribution in [-0.4, -0.2) is 11.1 Å². The number of hydrogen-bond acceptors (Lipinski definition) is 1. The third-order valence-corrected chi connectivity index (χ3v) is 3.46. The van der Waals surface area contributed by atoms with E-state index in [9.17, 15) is 4.79 Å². The van der Waals surface area contributed by atoms with Gasteiger partial charge in [-0.25, -0.2) is 4.79 Å². The summed E-state index contributed by atoms with van der Waals surface area (Å²) in [7, 11) is 0. The predicted octanol–water partition coefficient (Wildman–Crippen LogP) is 6.38. The average molecular weight is 316 g/mol. The van der Waals surface area contributed by atoms with Gasteiger partial charge in [0.25, 0.3) is 0 Å². The Morgan fingerprint density at radius 3 is 1.91 bits per heavy atom. The fraction of sp³-hybridized carbons (Fsp3) is 0.476. The van der Waals surface area contributed by atoms with Gasteiger partial charge < -0.3 is 5.11 Å². The third-order valence-electron chi connectivity index (χ3n) is 3.46. The van der Waals surface area contributed by atoms with E-state index < -0.39 is 5.97 Å². The number of carboxylic acids is 1. The Morgan fingerprint density at radius 1 is 0.783 bits per heavy atom. The van der Waals surface area contributed by atoms with Crippen LogP contribution >= 0.6 is 0 Å². The zero-order valence-electron chi connectivity index (χ0n) is 14.7. The molecular weight excluding hydrogens is 284 g/mol. The Hall–Kier alpha value is -1.83. The van der Waals surface area contributed by atoms with E-state index in [1.54, 1.807) is 19.1 Å². The second-order valence-corrected chi connectivity index (χ2v) is 5.65. The maximum Gasteiger partial charge on any atom is 0.331 e. The molecule has 0 unspecified atom stereocenters. The number of rotatable bonds is 13. The number of carbonyl (C=O) groups is 1. The van der Waals surface area contributed by atoms with E-state index in [1.165, 1.54) is 44.9 Å². The molecule has 0 radical (unpaired) electrons. The molecule has 2 nitrogen and oxygen atoms in total. The lowest BCUT2D eigenvalue weighted by molar-refractivity contribution is -0.132. The number of carboxylic acid groups (broad SMARTS) is 1. The Bertz CT molecular complexity index is 437. The van der Waals surface area contributed by atoms with Crippen LogP contribution in [-0.2, 0) is 4.79 Å². The molecule has 23 heavy (non-hydrogen) atoms. The van der Waals surface area contributed by atoms with Crippen LogP contribution in [0.15, 0.2) is 60.3 Å². The van der Waals surface area contributed by atoms with Crippen molar-refractivity contribution in [2.24, 2.45) is 0 Å². The minimum absolute atomic E-state index is 0.332. The molecule has 0 aromatic carbocycles. The van der Waals surface area contributed by atoms with E-state index in [0.29, 0.717) is 5.57 Å². The van der Waals surface area contributed by atoms with E-state index in [4.69, 9.17) is 5.11 Å². The van der Waals surface area contributed by atoms with Gasteiger partial charge >= 0.3 is 5.97 Å². The van der Waals surface area contributed by atoms with Crippen LogP contribution in [0.5, 0.6) is 0 Å². The molecule has 0 aliphatic carbocycles. The predicted molar refractivity (Wildman–Crippen MR) is 101 cm³/mol. The van der Waals surface area contributed by atoms with Gasteiger partial charge in [0.2, 0.25) is 0 Å². The van der Waals surface area contributed by atoms with E-state index >= 15 is 0 Å². The van der Waals surface area contributed by atoms with E-state index in [-0.39, 0.29) is 0 Å².